The predicted octanol–water partition coefficient (Wildman–Crippen LogP) is 2.65. The maximum atomic E-state index is 11.2. The molecule has 3 nitrogen and oxygen atoms in total. The number of ketones is 1. The molecule has 0 aliphatic rings. The number of likely N-dealkylation sites (N-methyl/N-ethyl adjacent to an activating group) is 1. The Hall–Kier alpha value is -1.51. The van der Waals surface area contributed by atoms with Gasteiger partial charge in [0.1, 0.15) is 11.5 Å². The normalized spacial score (nSPS) is 10.2. The molecule has 1 rings (SSSR count). The molecule has 0 bridgehead atoms. The van der Waals surface area contributed by atoms with Gasteiger partial charge in [-0.1, -0.05) is 6.07 Å². The minimum atomic E-state index is 0.146. The van der Waals surface area contributed by atoms with E-state index in [9.17, 15) is 4.79 Å². The Balaban J connectivity index is 3.31. The van der Waals surface area contributed by atoms with Crippen LogP contribution in [0.15, 0.2) is 6.07 Å². The zero-order valence-corrected chi connectivity index (χ0v) is 11.5. The molecule has 94 valence electrons. The summed E-state index contributed by atoms with van der Waals surface area (Å²) in [6.45, 7) is 8.15. The van der Waals surface area contributed by atoms with Crippen LogP contribution in [0.1, 0.15) is 23.6 Å². The monoisotopic (exact) mass is 235 g/mol. The first-order valence-electron chi connectivity index (χ1n) is 5.73. The van der Waals surface area contributed by atoms with Crippen molar-refractivity contribution in [1.29, 1.82) is 0 Å². The number of rotatable bonds is 4. The van der Waals surface area contributed by atoms with E-state index in [2.05, 4.69) is 13.0 Å². The van der Waals surface area contributed by atoms with Gasteiger partial charge in [-0.25, -0.2) is 0 Å². The lowest BCUT2D eigenvalue weighted by atomic mass is 10.0. The van der Waals surface area contributed by atoms with Gasteiger partial charge in [-0.2, -0.15) is 0 Å². The summed E-state index contributed by atoms with van der Waals surface area (Å²) in [6, 6.07) is 2.13. The molecule has 0 aliphatic heterocycles. The Morgan fingerprint density at radius 1 is 1.29 bits per heavy atom. The highest BCUT2D eigenvalue weighted by Gasteiger charge is 2.16. The third-order valence-electron chi connectivity index (χ3n) is 3.00. The molecule has 0 amide bonds. The molecule has 1 aromatic rings. The maximum Gasteiger partial charge on any atom is 0.149 e. The quantitative estimate of drug-likeness (QED) is 0.803. The number of aryl methyl sites for hydroxylation is 2. The standard InChI is InChI=1S/C14H21NO2/c1-9-7-10(2)13(14(17-6)12(9)4)15(5)8-11(3)16/h7H,8H2,1-6H3. The van der Waals surface area contributed by atoms with E-state index in [0.29, 0.717) is 6.54 Å². The van der Waals surface area contributed by atoms with Crippen molar-refractivity contribution in [2.75, 3.05) is 25.6 Å². The van der Waals surface area contributed by atoms with E-state index in [-0.39, 0.29) is 5.78 Å². The fourth-order valence-electron chi connectivity index (χ4n) is 2.17. The minimum absolute atomic E-state index is 0.146. The van der Waals surface area contributed by atoms with Crippen molar-refractivity contribution >= 4 is 11.5 Å². The van der Waals surface area contributed by atoms with Crippen molar-refractivity contribution in [3.05, 3.63) is 22.8 Å². The highest BCUT2D eigenvalue weighted by atomic mass is 16.5. The Kier molecular flexibility index (Phi) is 4.16. The first-order chi connectivity index (χ1) is 7.88. The Morgan fingerprint density at radius 2 is 1.88 bits per heavy atom. The molecule has 0 N–H and O–H groups in total. The van der Waals surface area contributed by atoms with Crippen molar-refractivity contribution in [2.45, 2.75) is 27.7 Å². The number of hydrogen-bond acceptors (Lipinski definition) is 3. The summed E-state index contributed by atoms with van der Waals surface area (Å²) in [4.78, 5) is 13.2. The average molecular weight is 235 g/mol. The molecule has 0 radical (unpaired) electrons. The lowest BCUT2D eigenvalue weighted by molar-refractivity contribution is -0.115. The largest absolute Gasteiger partial charge is 0.494 e. The van der Waals surface area contributed by atoms with E-state index in [1.54, 1.807) is 14.0 Å². The van der Waals surface area contributed by atoms with Crippen LogP contribution in [0.3, 0.4) is 0 Å². The number of ether oxygens (including phenoxy) is 1. The van der Waals surface area contributed by atoms with Gasteiger partial charge >= 0.3 is 0 Å². The number of carbonyl (C=O) groups is 1. The topological polar surface area (TPSA) is 29.5 Å². The Labute approximate surface area is 103 Å². The molecule has 17 heavy (non-hydrogen) atoms. The predicted molar refractivity (Wildman–Crippen MR) is 71.2 cm³/mol. The summed E-state index contributed by atoms with van der Waals surface area (Å²) < 4.78 is 5.49. The van der Waals surface area contributed by atoms with Crippen LogP contribution in [0.5, 0.6) is 5.75 Å². The highest BCUT2D eigenvalue weighted by molar-refractivity contribution is 5.82. The molecule has 0 unspecified atom stereocenters. The van der Waals surface area contributed by atoms with E-state index in [1.165, 1.54) is 5.56 Å². The third kappa shape index (κ3) is 2.78. The minimum Gasteiger partial charge on any atom is -0.494 e. The number of carbonyl (C=O) groups excluding carboxylic acids is 1. The number of benzene rings is 1. The summed E-state index contributed by atoms with van der Waals surface area (Å²) in [7, 11) is 3.59. The van der Waals surface area contributed by atoms with Crippen molar-refractivity contribution in [3.63, 3.8) is 0 Å². The van der Waals surface area contributed by atoms with Crippen molar-refractivity contribution in [3.8, 4) is 5.75 Å². The summed E-state index contributed by atoms with van der Waals surface area (Å²) in [5.74, 6) is 1.01. The summed E-state index contributed by atoms with van der Waals surface area (Å²) >= 11 is 0. The second-order valence-corrected chi connectivity index (χ2v) is 4.58. The second-order valence-electron chi connectivity index (χ2n) is 4.58. The smallest absolute Gasteiger partial charge is 0.149 e. The zero-order chi connectivity index (χ0) is 13.2. The molecule has 0 saturated carbocycles. The van der Waals surface area contributed by atoms with Gasteiger partial charge in [0.15, 0.2) is 0 Å². The number of methoxy groups -OCH3 is 1. The molecule has 1 aromatic carbocycles. The molecule has 0 aromatic heterocycles. The molecule has 0 spiro atoms. The van der Waals surface area contributed by atoms with Crippen LogP contribution in [0.2, 0.25) is 0 Å². The fraction of sp³-hybridized carbons (Fsp3) is 0.500. The van der Waals surface area contributed by atoms with Crippen LogP contribution in [-0.4, -0.2) is 26.5 Å². The van der Waals surface area contributed by atoms with Crippen LogP contribution in [0.4, 0.5) is 5.69 Å². The highest BCUT2D eigenvalue weighted by Crippen LogP contribution is 2.36. The van der Waals surface area contributed by atoms with Crippen molar-refractivity contribution in [2.24, 2.45) is 0 Å². The molecule has 0 atom stereocenters. The molecular weight excluding hydrogens is 214 g/mol. The number of anilines is 1. The van der Waals surface area contributed by atoms with Gasteiger partial charge in [-0.15, -0.1) is 0 Å². The van der Waals surface area contributed by atoms with E-state index in [1.807, 2.05) is 25.8 Å². The molecule has 3 heteroatoms. The van der Waals surface area contributed by atoms with Gasteiger partial charge in [-0.05, 0) is 44.4 Å². The lowest BCUT2D eigenvalue weighted by Gasteiger charge is -2.25. The van der Waals surface area contributed by atoms with Gasteiger partial charge < -0.3 is 9.64 Å². The summed E-state index contributed by atoms with van der Waals surface area (Å²) in [5, 5.41) is 0. The third-order valence-corrected chi connectivity index (χ3v) is 3.00. The molecule has 0 heterocycles. The van der Waals surface area contributed by atoms with Gasteiger partial charge in [0.2, 0.25) is 0 Å². The fourth-order valence-corrected chi connectivity index (χ4v) is 2.17. The van der Waals surface area contributed by atoms with Gasteiger partial charge in [0.25, 0.3) is 0 Å². The number of nitrogens with zero attached hydrogens (tertiary/aromatic N) is 1. The molecular formula is C14H21NO2. The average Bonchev–Trinajstić information content (AvgIpc) is 2.21. The molecule has 0 aliphatic carbocycles. The van der Waals surface area contributed by atoms with Gasteiger partial charge in [-0.3, -0.25) is 4.79 Å². The second kappa shape index (κ2) is 5.21. The van der Waals surface area contributed by atoms with Crippen molar-refractivity contribution in [1.82, 2.24) is 0 Å². The van der Waals surface area contributed by atoms with Crippen LogP contribution in [0, 0.1) is 20.8 Å². The van der Waals surface area contributed by atoms with E-state index in [4.69, 9.17) is 4.74 Å². The Morgan fingerprint density at radius 3 is 2.35 bits per heavy atom. The van der Waals surface area contributed by atoms with Crippen molar-refractivity contribution < 1.29 is 9.53 Å². The van der Waals surface area contributed by atoms with E-state index >= 15 is 0 Å². The molecule has 0 fully saturated rings. The zero-order valence-electron chi connectivity index (χ0n) is 11.5. The Bertz CT molecular complexity index is 438. The lowest BCUT2D eigenvalue weighted by Crippen LogP contribution is -2.25. The number of Topliss-reactive ketones (excluding diaryl/α,β-unsaturated/α-hetero) is 1. The first kappa shape index (κ1) is 13.6. The SMILES string of the molecule is COc1c(C)c(C)cc(C)c1N(C)CC(C)=O. The maximum absolute atomic E-state index is 11.2. The van der Waals surface area contributed by atoms with Crippen LogP contribution < -0.4 is 9.64 Å². The number of hydrogen-bond donors (Lipinski definition) is 0. The van der Waals surface area contributed by atoms with Crippen LogP contribution in [-0.2, 0) is 4.79 Å². The van der Waals surface area contributed by atoms with Gasteiger partial charge in [0, 0.05) is 7.05 Å². The summed E-state index contributed by atoms with van der Waals surface area (Å²) in [5.41, 5.74) is 4.47. The summed E-state index contributed by atoms with van der Waals surface area (Å²) in [6.07, 6.45) is 0. The van der Waals surface area contributed by atoms with E-state index in [0.717, 1.165) is 22.6 Å². The van der Waals surface area contributed by atoms with E-state index < -0.39 is 0 Å². The van der Waals surface area contributed by atoms with Gasteiger partial charge in [0.05, 0.1) is 19.3 Å². The first-order valence-corrected chi connectivity index (χ1v) is 5.73. The van der Waals surface area contributed by atoms with Crippen LogP contribution >= 0.6 is 0 Å². The van der Waals surface area contributed by atoms with Crippen LogP contribution in [0.25, 0.3) is 0 Å². The molecule has 0 saturated heterocycles.